The highest BCUT2D eigenvalue weighted by Crippen LogP contribution is 2.18. The summed E-state index contributed by atoms with van der Waals surface area (Å²) in [5.41, 5.74) is 0.868. The molecule has 0 unspecified atom stereocenters. The van der Waals surface area contributed by atoms with Gasteiger partial charge >= 0.3 is 0 Å². The molecule has 0 fully saturated rings. The maximum absolute atomic E-state index is 13.8. The fourth-order valence-corrected chi connectivity index (χ4v) is 1.89. The Morgan fingerprint density at radius 1 is 1.29 bits per heavy atom. The zero-order valence-corrected chi connectivity index (χ0v) is 12.2. The molecule has 0 radical (unpaired) electrons. The molecule has 0 aliphatic heterocycles. The first-order chi connectivity index (χ1) is 9.81. The first-order valence-electron chi connectivity index (χ1n) is 6.58. The summed E-state index contributed by atoms with van der Waals surface area (Å²) in [5, 5.41) is 13.2. The van der Waals surface area contributed by atoms with Crippen LogP contribution in [0.1, 0.15) is 37.6 Å². The lowest BCUT2D eigenvalue weighted by atomic mass is 9.92. The van der Waals surface area contributed by atoms with Crippen LogP contribution in [0.25, 0.3) is 0 Å². The normalized spacial score (nSPS) is 11.2. The molecule has 1 aromatic heterocycles. The van der Waals surface area contributed by atoms with Crippen LogP contribution >= 0.6 is 0 Å². The first-order valence-corrected chi connectivity index (χ1v) is 6.58. The molecule has 5 heteroatoms. The predicted molar refractivity (Wildman–Crippen MR) is 77.4 cm³/mol. The molecule has 0 aliphatic rings. The number of hydrogen-bond acceptors (Lipinski definition) is 3. The smallest absolute Gasteiger partial charge is 0.267 e. The number of aromatic nitrogens is 2. The molecule has 0 atom stereocenters. The van der Waals surface area contributed by atoms with Crippen molar-refractivity contribution in [3.8, 4) is 6.07 Å². The lowest BCUT2D eigenvalue weighted by molar-refractivity contribution is 0.510. The summed E-state index contributed by atoms with van der Waals surface area (Å²) in [6.07, 6.45) is 0. The molecule has 21 heavy (non-hydrogen) atoms. The molecule has 0 saturated carbocycles. The summed E-state index contributed by atoms with van der Waals surface area (Å²) in [5.74, 6) is -0.455. The van der Waals surface area contributed by atoms with Gasteiger partial charge in [-0.3, -0.25) is 4.79 Å². The summed E-state index contributed by atoms with van der Waals surface area (Å²) in [6, 6.07) is 9.14. The lowest BCUT2D eigenvalue weighted by Crippen LogP contribution is -2.27. The van der Waals surface area contributed by atoms with Crippen LogP contribution in [0, 0.1) is 17.1 Å². The van der Waals surface area contributed by atoms with Gasteiger partial charge in [-0.25, -0.2) is 9.07 Å². The van der Waals surface area contributed by atoms with Gasteiger partial charge in [-0.2, -0.15) is 10.4 Å². The van der Waals surface area contributed by atoms with Crippen LogP contribution in [0.3, 0.4) is 0 Å². The van der Waals surface area contributed by atoms with Gasteiger partial charge in [0.2, 0.25) is 0 Å². The Kier molecular flexibility index (Phi) is 3.90. The fraction of sp³-hybridized carbons (Fsp3) is 0.312. The van der Waals surface area contributed by atoms with Crippen LogP contribution in [-0.2, 0) is 12.0 Å². The Hall–Kier alpha value is -2.48. The van der Waals surface area contributed by atoms with Crippen LogP contribution in [0.4, 0.5) is 4.39 Å². The summed E-state index contributed by atoms with van der Waals surface area (Å²) >= 11 is 0. The van der Waals surface area contributed by atoms with E-state index in [1.54, 1.807) is 6.07 Å². The number of benzene rings is 1. The summed E-state index contributed by atoms with van der Waals surface area (Å²) in [6.45, 7) is 5.97. The molecule has 0 bridgehead atoms. The third kappa shape index (κ3) is 3.34. The highest BCUT2D eigenvalue weighted by atomic mass is 19.1. The predicted octanol–water partition coefficient (Wildman–Crippen LogP) is 2.60. The van der Waals surface area contributed by atoms with Gasteiger partial charge in [-0.1, -0.05) is 20.8 Å². The van der Waals surface area contributed by atoms with Crippen molar-refractivity contribution in [3.63, 3.8) is 0 Å². The molecule has 0 spiro atoms. The molecule has 0 aliphatic carbocycles. The summed E-state index contributed by atoms with van der Waals surface area (Å²) < 4.78 is 15.0. The SMILES string of the molecule is CC(C)(C)c1ccc(=O)n(Cc2cc(C#N)ccc2F)n1. The van der Waals surface area contributed by atoms with E-state index in [4.69, 9.17) is 5.26 Å². The van der Waals surface area contributed by atoms with E-state index in [0.29, 0.717) is 5.56 Å². The highest BCUT2D eigenvalue weighted by Gasteiger charge is 2.17. The van der Waals surface area contributed by atoms with Crippen LogP contribution in [0.15, 0.2) is 35.1 Å². The van der Waals surface area contributed by atoms with Crippen LogP contribution in [-0.4, -0.2) is 9.78 Å². The second-order valence-corrected chi connectivity index (χ2v) is 5.88. The molecule has 1 aromatic carbocycles. The average Bonchev–Trinajstić information content (AvgIpc) is 2.42. The van der Waals surface area contributed by atoms with Crippen molar-refractivity contribution in [2.75, 3.05) is 0 Å². The molecule has 1 heterocycles. The Bertz CT molecular complexity index is 766. The zero-order chi connectivity index (χ0) is 15.6. The van der Waals surface area contributed by atoms with E-state index in [-0.39, 0.29) is 23.1 Å². The van der Waals surface area contributed by atoms with Gasteiger partial charge in [-0.15, -0.1) is 0 Å². The molecular weight excluding hydrogens is 269 g/mol. The van der Waals surface area contributed by atoms with E-state index in [0.717, 1.165) is 5.69 Å². The Balaban J connectivity index is 2.45. The number of nitrogens with zero attached hydrogens (tertiary/aromatic N) is 3. The van der Waals surface area contributed by atoms with E-state index >= 15 is 0 Å². The number of hydrogen-bond donors (Lipinski definition) is 0. The number of rotatable bonds is 2. The van der Waals surface area contributed by atoms with Gasteiger partial charge < -0.3 is 0 Å². The number of halogens is 1. The van der Waals surface area contributed by atoms with Gasteiger partial charge in [0.25, 0.3) is 5.56 Å². The van der Waals surface area contributed by atoms with Crippen LogP contribution in [0.2, 0.25) is 0 Å². The third-order valence-electron chi connectivity index (χ3n) is 3.13. The van der Waals surface area contributed by atoms with E-state index in [1.807, 2.05) is 26.8 Å². The Morgan fingerprint density at radius 3 is 2.62 bits per heavy atom. The Labute approximate surface area is 122 Å². The van der Waals surface area contributed by atoms with Gasteiger partial charge in [0.15, 0.2) is 0 Å². The molecule has 0 saturated heterocycles. The molecule has 108 valence electrons. The number of nitriles is 1. The molecule has 0 N–H and O–H groups in total. The minimum Gasteiger partial charge on any atom is -0.268 e. The zero-order valence-electron chi connectivity index (χ0n) is 12.2. The van der Waals surface area contributed by atoms with E-state index < -0.39 is 5.82 Å². The van der Waals surface area contributed by atoms with Crippen molar-refractivity contribution in [2.45, 2.75) is 32.7 Å². The molecule has 0 amide bonds. The largest absolute Gasteiger partial charge is 0.268 e. The van der Waals surface area contributed by atoms with Crippen molar-refractivity contribution in [2.24, 2.45) is 0 Å². The molecule has 4 nitrogen and oxygen atoms in total. The standard InChI is InChI=1S/C16H16FN3O/c1-16(2,3)14-6-7-15(21)20(19-14)10-12-8-11(9-18)4-5-13(12)17/h4-8H,10H2,1-3H3. The van der Waals surface area contributed by atoms with Crippen molar-refractivity contribution in [1.82, 2.24) is 9.78 Å². The van der Waals surface area contributed by atoms with Gasteiger partial charge in [0.05, 0.1) is 23.9 Å². The van der Waals surface area contributed by atoms with E-state index in [1.165, 1.54) is 28.9 Å². The second-order valence-electron chi connectivity index (χ2n) is 5.88. The fourth-order valence-electron chi connectivity index (χ4n) is 1.89. The van der Waals surface area contributed by atoms with Crippen molar-refractivity contribution >= 4 is 0 Å². The van der Waals surface area contributed by atoms with Gasteiger partial charge in [-0.05, 0) is 24.3 Å². The molecule has 2 aromatic rings. The van der Waals surface area contributed by atoms with Gasteiger partial charge in [0, 0.05) is 17.0 Å². The Morgan fingerprint density at radius 2 is 2.00 bits per heavy atom. The van der Waals surface area contributed by atoms with Crippen molar-refractivity contribution in [1.29, 1.82) is 5.26 Å². The van der Waals surface area contributed by atoms with Crippen LogP contribution in [0.5, 0.6) is 0 Å². The van der Waals surface area contributed by atoms with Crippen molar-refractivity contribution in [3.05, 3.63) is 63.3 Å². The maximum atomic E-state index is 13.8. The summed E-state index contributed by atoms with van der Waals surface area (Å²) in [4.78, 5) is 11.9. The quantitative estimate of drug-likeness (QED) is 0.852. The highest BCUT2D eigenvalue weighted by molar-refractivity contribution is 5.33. The first kappa shape index (κ1) is 14.9. The van der Waals surface area contributed by atoms with E-state index in [2.05, 4.69) is 5.10 Å². The molecule has 2 rings (SSSR count). The average molecular weight is 285 g/mol. The maximum Gasteiger partial charge on any atom is 0.267 e. The monoisotopic (exact) mass is 285 g/mol. The third-order valence-corrected chi connectivity index (χ3v) is 3.13. The molecular formula is C16H16FN3O. The topological polar surface area (TPSA) is 58.7 Å². The van der Waals surface area contributed by atoms with E-state index in [9.17, 15) is 9.18 Å². The van der Waals surface area contributed by atoms with Crippen LogP contribution < -0.4 is 5.56 Å². The minimum absolute atomic E-state index is 0.00407. The summed E-state index contributed by atoms with van der Waals surface area (Å²) in [7, 11) is 0. The van der Waals surface area contributed by atoms with Gasteiger partial charge in [0.1, 0.15) is 5.82 Å². The lowest BCUT2D eigenvalue weighted by Gasteiger charge is -2.18. The van der Waals surface area contributed by atoms with Crippen molar-refractivity contribution < 1.29 is 4.39 Å². The second kappa shape index (κ2) is 5.49. The minimum atomic E-state index is -0.455.